The summed E-state index contributed by atoms with van der Waals surface area (Å²) >= 11 is 0. The Kier molecular flexibility index (Phi) is 4.78. The Labute approximate surface area is 134 Å². The smallest absolute Gasteiger partial charge is 0.407 e. The zero-order chi connectivity index (χ0) is 16.1. The van der Waals surface area contributed by atoms with Crippen LogP contribution in [0.1, 0.15) is 22.8 Å². The average Bonchev–Trinajstić information content (AvgIpc) is 2.58. The minimum atomic E-state index is -0.469. The van der Waals surface area contributed by atoms with Crippen molar-refractivity contribution in [2.24, 2.45) is 0 Å². The molecule has 0 saturated carbocycles. The molecule has 120 valence electrons. The van der Waals surface area contributed by atoms with Crippen LogP contribution in [0.25, 0.3) is 0 Å². The van der Waals surface area contributed by atoms with Crippen LogP contribution in [0.15, 0.2) is 48.5 Å². The zero-order valence-corrected chi connectivity index (χ0v) is 12.7. The fraction of sp³-hybridized carbons (Fsp3) is 0.278. The van der Waals surface area contributed by atoms with Gasteiger partial charge in [-0.1, -0.05) is 36.4 Å². The van der Waals surface area contributed by atoms with E-state index in [2.05, 4.69) is 5.32 Å². The van der Waals surface area contributed by atoms with Gasteiger partial charge >= 0.3 is 6.09 Å². The molecule has 0 radical (unpaired) electrons. The summed E-state index contributed by atoms with van der Waals surface area (Å²) in [5.41, 5.74) is 3.00. The van der Waals surface area contributed by atoms with Gasteiger partial charge in [-0.2, -0.15) is 0 Å². The number of rotatable bonds is 4. The molecule has 23 heavy (non-hydrogen) atoms. The number of carbonyl (C=O) groups is 1. The summed E-state index contributed by atoms with van der Waals surface area (Å²) in [5.74, 6) is 0.250. The Morgan fingerprint density at radius 3 is 2.91 bits per heavy atom. The molecule has 0 aromatic heterocycles. The number of nitrogens with one attached hydrogen (secondary N) is 1. The van der Waals surface area contributed by atoms with E-state index in [1.165, 1.54) is 0 Å². The topological polar surface area (TPSA) is 67.8 Å². The molecule has 0 spiro atoms. The summed E-state index contributed by atoms with van der Waals surface area (Å²) in [6.07, 6.45) is 0.0746. The lowest BCUT2D eigenvalue weighted by atomic mass is 9.97. The number of hydrogen-bond donors (Lipinski definition) is 2. The molecule has 0 bridgehead atoms. The average molecular weight is 313 g/mol. The van der Waals surface area contributed by atoms with E-state index in [9.17, 15) is 9.90 Å². The van der Waals surface area contributed by atoms with Gasteiger partial charge in [0.1, 0.15) is 18.5 Å². The summed E-state index contributed by atoms with van der Waals surface area (Å²) in [4.78, 5) is 11.8. The number of alkyl carbamates (subject to hydrolysis) is 1. The molecule has 1 aliphatic heterocycles. The lowest BCUT2D eigenvalue weighted by molar-refractivity contribution is 0.0407. The first-order valence-corrected chi connectivity index (χ1v) is 7.60. The summed E-state index contributed by atoms with van der Waals surface area (Å²) in [6.45, 7) is 1.15. The highest BCUT2D eigenvalue weighted by Crippen LogP contribution is 2.29. The van der Waals surface area contributed by atoms with E-state index in [4.69, 9.17) is 9.47 Å². The SMILES string of the molecule is O=C(NCC1OCCc2cc(O)ccc21)OCc1ccccc1. The normalized spacial score (nSPS) is 16.4. The maximum atomic E-state index is 11.8. The molecule has 1 amide bonds. The number of benzene rings is 2. The molecule has 2 aromatic rings. The van der Waals surface area contributed by atoms with E-state index >= 15 is 0 Å². The maximum absolute atomic E-state index is 11.8. The standard InChI is InChI=1S/C18H19NO4/c20-15-6-7-16-14(10-15)8-9-22-17(16)11-19-18(21)23-12-13-4-2-1-3-5-13/h1-7,10,17,20H,8-9,11-12H2,(H,19,21). The number of hydrogen-bond acceptors (Lipinski definition) is 4. The minimum Gasteiger partial charge on any atom is -0.508 e. The Hall–Kier alpha value is -2.53. The quantitative estimate of drug-likeness (QED) is 0.910. The van der Waals surface area contributed by atoms with E-state index in [1.54, 1.807) is 12.1 Å². The molecule has 1 unspecified atom stereocenters. The lowest BCUT2D eigenvalue weighted by Gasteiger charge is -2.26. The molecular formula is C18H19NO4. The Morgan fingerprint density at radius 1 is 1.26 bits per heavy atom. The van der Waals surface area contributed by atoms with Crippen LogP contribution in [-0.4, -0.2) is 24.4 Å². The monoisotopic (exact) mass is 313 g/mol. The van der Waals surface area contributed by atoms with Crippen LogP contribution < -0.4 is 5.32 Å². The number of fused-ring (bicyclic) bond motifs is 1. The van der Waals surface area contributed by atoms with Crippen molar-refractivity contribution in [2.75, 3.05) is 13.2 Å². The first-order chi connectivity index (χ1) is 11.2. The highest BCUT2D eigenvalue weighted by molar-refractivity contribution is 5.67. The van der Waals surface area contributed by atoms with Gasteiger partial charge in [0, 0.05) is 0 Å². The molecule has 2 N–H and O–H groups in total. The second kappa shape index (κ2) is 7.15. The van der Waals surface area contributed by atoms with Crippen molar-refractivity contribution >= 4 is 6.09 Å². The van der Waals surface area contributed by atoms with Gasteiger partial charge in [-0.05, 0) is 35.2 Å². The highest BCUT2D eigenvalue weighted by atomic mass is 16.5. The number of amides is 1. The van der Waals surface area contributed by atoms with Crippen molar-refractivity contribution in [3.63, 3.8) is 0 Å². The summed E-state index contributed by atoms with van der Waals surface area (Å²) < 4.78 is 10.9. The molecule has 3 rings (SSSR count). The van der Waals surface area contributed by atoms with Crippen LogP contribution in [0.3, 0.4) is 0 Å². The van der Waals surface area contributed by atoms with E-state index in [-0.39, 0.29) is 18.5 Å². The highest BCUT2D eigenvalue weighted by Gasteiger charge is 2.21. The third-order valence-corrected chi connectivity index (χ3v) is 3.81. The van der Waals surface area contributed by atoms with Gasteiger partial charge in [-0.15, -0.1) is 0 Å². The van der Waals surface area contributed by atoms with Crippen molar-refractivity contribution in [1.29, 1.82) is 0 Å². The molecule has 1 atom stereocenters. The van der Waals surface area contributed by atoms with Gasteiger partial charge in [-0.25, -0.2) is 4.79 Å². The molecule has 0 saturated heterocycles. The molecule has 2 aromatic carbocycles. The largest absolute Gasteiger partial charge is 0.508 e. The zero-order valence-electron chi connectivity index (χ0n) is 12.7. The Morgan fingerprint density at radius 2 is 2.09 bits per heavy atom. The van der Waals surface area contributed by atoms with Gasteiger partial charge in [-0.3, -0.25) is 0 Å². The predicted octanol–water partition coefficient (Wildman–Crippen LogP) is 2.93. The summed E-state index contributed by atoms with van der Waals surface area (Å²) in [7, 11) is 0. The van der Waals surface area contributed by atoms with Crippen LogP contribution in [-0.2, 0) is 22.5 Å². The van der Waals surface area contributed by atoms with Crippen molar-refractivity contribution < 1.29 is 19.4 Å². The number of ether oxygens (including phenoxy) is 2. The van der Waals surface area contributed by atoms with E-state index in [0.29, 0.717) is 13.2 Å². The van der Waals surface area contributed by atoms with E-state index in [1.807, 2.05) is 36.4 Å². The second-order valence-electron chi connectivity index (χ2n) is 5.44. The summed E-state index contributed by atoms with van der Waals surface area (Å²) in [5, 5.41) is 12.3. The Bertz CT molecular complexity index is 672. The number of phenols is 1. The molecule has 0 aliphatic carbocycles. The minimum absolute atomic E-state index is 0.219. The maximum Gasteiger partial charge on any atom is 0.407 e. The number of phenolic OH excluding ortho intramolecular Hbond substituents is 1. The molecule has 0 fully saturated rings. The first kappa shape index (κ1) is 15.4. The van der Waals surface area contributed by atoms with Crippen molar-refractivity contribution in [2.45, 2.75) is 19.1 Å². The van der Waals surface area contributed by atoms with Crippen LogP contribution in [0.5, 0.6) is 5.75 Å². The van der Waals surface area contributed by atoms with Crippen molar-refractivity contribution in [1.82, 2.24) is 5.32 Å². The van der Waals surface area contributed by atoms with Crippen LogP contribution in [0.2, 0.25) is 0 Å². The van der Waals surface area contributed by atoms with Gasteiger partial charge in [0.15, 0.2) is 0 Å². The fourth-order valence-corrected chi connectivity index (χ4v) is 2.64. The predicted molar refractivity (Wildman–Crippen MR) is 85.1 cm³/mol. The molecule has 5 heteroatoms. The van der Waals surface area contributed by atoms with Crippen LogP contribution in [0.4, 0.5) is 4.79 Å². The van der Waals surface area contributed by atoms with E-state index < -0.39 is 6.09 Å². The lowest BCUT2D eigenvalue weighted by Crippen LogP contribution is -2.32. The van der Waals surface area contributed by atoms with Gasteiger partial charge in [0.25, 0.3) is 0 Å². The molecule has 1 heterocycles. The molecule has 1 aliphatic rings. The third kappa shape index (κ3) is 4.02. The van der Waals surface area contributed by atoms with Crippen molar-refractivity contribution in [3.8, 4) is 5.75 Å². The van der Waals surface area contributed by atoms with Gasteiger partial charge in [0.2, 0.25) is 0 Å². The van der Waals surface area contributed by atoms with Crippen molar-refractivity contribution in [3.05, 3.63) is 65.2 Å². The second-order valence-corrected chi connectivity index (χ2v) is 5.44. The third-order valence-electron chi connectivity index (χ3n) is 3.81. The Balaban J connectivity index is 1.52. The fourth-order valence-electron chi connectivity index (χ4n) is 2.64. The molecular weight excluding hydrogens is 294 g/mol. The van der Waals surface area contributed by atoms with Crippen LogP contribution >= 0.6 is 0 Å². The van der Waals surface area contributed by atoms with Crippen LogP contribution in [0, 0.1) is 0 Å². The number of aromatic hydroxyl groups is 1. The molecule has 5 nitrogen and oxygen atoms in total. The number of carbonyl (C=O) groups excluding carboxylic acids is 1. The van der Waals surface area contributed by atoms with E-state index in [0.717, 1.165) is 23.1 Å². The summed E-state index contributed by atoms with van der Waals surface area (Å²) in [6, 6.07) is 14.7. The first-order valence-electron chi connectivity index (χ1n) is 7.60. The van der Waals surface area contributed by atoms with Gasteiger partial charge < -0.3 is 19.9 Å². The van der Waals surface area contributed by atoms with Gasteiger partial charge in [0.05, 0.1) is 13.2 Å².